The Labute approximate surface area is 316 Å². The van der Waals surface area contributed by atoms with Gasteiger partial charge in [-0.1, -0.05) is 5.92 Å². The molecule has 2 saturated heterocycles. The van der Waals surface area contributed by atoms with Gasteiger partial charge in [-0.15, -0.1) is 6.42 Å². The molecule has 3 aromatic heterocycles. The van der Waals surface area contributed by atoms with Crippen LogP contribution in [0.3, 0.4) is 0 Å². The summed E-state index contributed by atoms with van der Waals surface area (Å²) in [6.07, 6.45) is 14.7. The number of piperidine rings is 1. The fraction of sp³-hybridized carbons (Fsp3) is 0.686. The molecule has 3 unspecified atom stereocenters. The average molecular weight is 778 g/mol. The molecule has 3 fully saturated rings. The lowest BCUT2D eigenvalue weighted by molar-refractivity contribution is 0.000229. The molecule has 290 valence electrons. The van der Waals surface area contributed by atoms with Crippen molar-refractivity contribution in [3.63, 3.8) is 0 Å². The van der Waals surface area contributed by atoms with Crippen molar-refractivity contribution in [3.05, 3.63) is 29.4 Å². The van der Waals surface area contributed by atoms with Crippen molar-refractivity contribution in [1.82, 2.24) is 34.4 Å². The summed E-state index contributed by atoms with van der Waals surface area (Å²) in [5.74, 6) is 3.63. The van der Waals surface area contributed by atoms with E-state index >= 15 is 0 Å². The topological polar surface area (TPSA) is 168 Å². The molecule has 5 heterocycles. The number of ether oxygens (including phenoxy) is 5. The zero-order valence-corrected chi connectivity index (χ0v) is 32.0. The average Bonchev–Trinajstić information content (AvgIpc) is 3.89. The van der Waals surface area contributed by atoms with Gasteiger partial charge in [0, 0.05) is 31.2 Å². The van der Waals surface area contributed by atoms with Crippen molar-refractivity contribution in [2.45, 2.75) is 44.7 Å². The van der Waals surface area contributed by atoms with Gasteiger partial charge in [0.25, 0.3) is 6.35 Å². The van der Waals surface area contributed by atoms with E-state index in [-0.39, 0.29) is 17.7 Å². The monoisotopic (exact) mass is 777 g/mol. The van der Waals surface area contributed by atoms with Gasteiger partial charge in [0.1, 0.15) is 18.1 Å². The molecule has 0 amide bonds. The van der Waals surface area contributed by atoms with E-state index < -0.39 is 8.03 Å². The third-order valence-corrected chi connectivity index (χ3v) is 10.1. The number of fused-ring (bicyclic) bond motifs is 1. The van der Waals surface area contributed by atoms with Crippen LogP contribution in [0.4, 0.5) is 5.82 Å². The number of rotatable bonds is 20. The van der Waals surface area contributed by atoms with Gasteiger partial charge >= 0.3 is 8.03 Å². The molecule has 53 heavy (non-hydrogen) atoms. The molecule has 2 aliphatic heterocycles. The van der Waals surface area contributed by atoms with Gasteiger partial charge in [0.05, 0.1) is 77.0 Å². The van der Waals surface area contributed by atoms with E-state index in [2.05, 4.69) is 42.9 Å². The summed E-state index contributed by atoms with van der Waals surface area (Å²) in [6.45, 7) is 9.31. The molecule has 3 aliphatic rings. The number of aromatic nitrogens is 6. The number of hydrogen-bond acceptors (Lipinski definition) is 13. The minimum Gasteiger partial charge on any atom is -0.377 e. The fourth-order valence-electron chi connectivity index (χ4n) is 7.25. The van der Waals surface area contributed by atoms with Gasteiger partial charge in [-0.05, 0) is 73.8 Å². The van der Waals surface area contributed by atoms with Crippen molar-refractivity contribution >= 4 is 42.8 Å². The molecular weight excluding hydrogens is 727 g/mol. The second-order valence-corrected chi connectivity index (χ2v) is 15.0. The molecule has 16 nitrogen and oxygen atoms in total. The summed E-state index contributed by atoms with van der Waals surface area (Å²) < 4.78 is 40.9. The maximum atomic E-state index is 10.8. The van der Waals surface area contributed by atoms with Crippen LogP contribution < -0.4 is 4.90 Å². The molecular formula is C35H51ClN8O8P+. The Balaban J connectivity index is 0.000000219. The third kappa shape index (κ3) is 12.5. The number of anilines is 1. The van der Waals surface area contributed by atoms with Crippen LogP contribution in [0, 0.1) is 23.7 Å². The summed E-state index contributed by atoms with van der Waals surface area (Å²) in [6, 6.07) is 1.88. The maximum Gasteiger partial charge on any atom is 0.534 e. The lowest BCUT2D eigenvalue weighted by Crippen LogP contribution is -2.62. The lowest BCUT2D eigenvalue weighted by atomic mass is 9.73. The molecule has 18 heteroatoms. The SMILES string of the molecule is C#CCOCCOCCOCCOCCn1ccc(C=O)n1.CN1CCCC2(C1)CN(c1nc(Cl)nc3c1cnn3C1CCC(COC[P+](=O)O)C1)C2. The summed E-state index contributed by atoms with van der Waals surface area (Å²) in [4.78, 5) is 33.2. The van der Waals surface area contributed by atoms with Gasteiger partial charge in [0.2, 0.25) is 5.28 Å². The van der Waals surface area contributed by atoms with Crippen LogP contribution in [0.1, 0.15) is 48.6 Å². The van der Waals surface area contributed by atoms with Crippen molar-refractivity contribution in [3.8, 4) is 12.3 Å². The number of halogens is 1. The van der Waals surface area contributed by atoms with Gasteiger partial charge in [0.15, 0.2) is 11.9 Å². The first-order chi connectivity index (χ1) is 25.8. The number of nitrogens with zero attached hydrogens (tertiary/aromatic N) is 8. The number of carbonyl (C=O) groups is 1. The van der Waals surface area contributed by atoms with Crippen LogP contribution in [0.15, 0.2) is 18.5 Å². The van der Waals surface area contributed by atoms with Crippen LogP contribution in [0.5, 0.6) is 0 Å². The van der Waals surface area contributed by atoms with Crippen LogP contribution >= 0.6 is 19.6 Å². The van der Waals surface area contributed by atoms with E-state index in [9.17, 15) is 9.36 Å². The Kier molecular flexibility index (Phi) is 16.4. The Morgan fingerprint density at radius 2 is 1.79 bits per heavy atom. The van der Waals surface area contributed by atoms with E-state index in [1.807, 2.05) is 10.9 Å². The van der Waals surface area contributed by atoms with Crippen LogP contribution in [0.25, 0.3) is 11.0 Å². The molecule has 0 radical (unpaired) electrons. The highest BCUT2D eigenvalue weighted by atomic mass is 35.5. The molecule has 6 rings (SSSR count). The first-order valence-electron chi connectivity index (χ1n) is 18.1. The quantitative estimate of drug-likeness (QED) is 0.0582. The lowest BCUT2D eigenvalue weighted by Gasteiger charge is -2.54. The van der Waals surface area contributed by atoms with E-state index in [1.165, 1.54) is 19.4 Å². The number of terminal acetylenes is 1. The summed E-state index contributed by atoms with van der Waals surface area (Å²) >= 11 is 6.34. The minimum atomic E-state index is -2.24. The summed E-state index contributed by atoms with van der Waals surface area (Å²) in [5, 5.41) is 9.91. The normalized spacial score (nSPS) is 19.9. The summed E-state index contributed by atoms with van der Waals surface area (Å²) in [7, 11) is -0.0346. The van der Waals surface area contributed by atoms with Crippen molar-refractivity contribution in [1.29, 1.82) is 0 Å². The van der Waals surface area contributed by atoms with Crippen LogP contribution in [0.2, 0.25) is 5.28 Å². The second-order valence-electron chi connectivity index (χ2n) is 13.7. The number of likely N-dealkylation sites (tertiary alicyclic amines) is 1. The van der Waals surface area contributed by atoms with Crippen molar-refractivity contribution in [2.24, 2.45) is 11.3 Å². The number of carbonyl (C=O) groups excluding carboxylic acids is 1. The third-order valence-electron chi connectivity index (χ3n) is 9.57. The van der Waals surface area contributed by atoms with E-state index in [0.717, 1.165) is 55.7 Å². The Morgan fingerprint density at radius 1 is 1.06 bits per heavy atom. The standard InChI is InChI=1S/C20H28ClN6O3P.C15H22N2O5/c1-25-6-2-5-20(10-25)11-26(12-20)17-16-8-22-27(18(16)24-19(21)23-17)15-4-3-14(7-15)9-30-13-31(28)29;1-2-6-19-8-10-21-12-13-22-11-9-20-7-5-17-4-3-15(14-18)16-17/h8,14-15H,2-7,9-13H2,1H3;1,3-4,14H,5-13H2/p+1. The largest absolute Gasteiger partial charge is 0.534 e. The maximum absolute atomic E-state index is 10.8. The molecule has 3 aromatic rings. The number of aldehydes is 1. The van der Waals surface area contributed by atoms with Gasteiger partial charge in [-0.3, -0.25) is 9.48 Å². The van der Waals surface area contributed by atoms with Crippen LogP contribution in [-0.2, 0) is 34.8 Å². The van der Waals surface area contributed by atoms with E-state index in [0.29, 0.717) is 89.3 Å². The van der Waals surface area contributed by atoms with Crippen molar-refractivity contribution < 1.29 is 37.9 Å². The molecule has 1 aliphatic carbocycles. The smallest absolute Gasteiger partial charge is 0.377 e. The molecule has 0 bridgehead atoms. The number of hydrogen-bond donors (Lipinski definition) is 1. The molecule has 1 spiro atoms. The Hall–Kier alpha value is -3.10. The van der Waals surface area contributed by atoms with Gasteiger partial charge in [-0.2, -0.15) is 25.1 Å². The Morgan fingerprint density at radius 3 is 2.47 bits per heavy atom. The van der Waals surface area contributed by atoms with Gasteiger partial charge < -0.3 is 33.5 Å². The van der Waals surface area contributed by atoms with Gasteiger partial charge in [-0.25, -0.2) is 4.68 Å². The van der Waals surface area contributed by atoms with Crippen molar-refractivity contribution in [2.75, 3.05) is 104 Å². The fourth-order valence-corrected chi connectivity index (χ4v) is 7.67. The molecule has 1 N–H and O–H groups in total. The Bertz CT molecular complexity index is 1650. The highest BCUT2D eigenvalue weighted by Gasteiger charge is 2.46. The zero-order valence-electron chi connectivity index (χ0n) is 30.4. The van der Waals surface area contributed by atoms with E-state index in [4.69, 9.17) is 46.6 Å². The molecule has 3 atom stereocenters. The minimum absolute atomic E-state index is 0.0967. The highest BCUT2D eigenvalue weighted by Crippen LogP contribution is 2.43. The zero-order chi connectivity index (χ0) is 37.5. The summed E-state index contributed by atoms with van der Waals surface area (Å²) in [5.41, 5.74) is 1.58. The van der Waals surface area contributed by atoms with E-state index in [1.54, 1.807) is 16.9 Å². The predicted molar refractivity (Wildman–Crippen MR) is 198 cm³/mol. The van der Waals surface area contributed by atoms with Crippen LogP contribution in [-0.4, -0.2) is 145 Å². The first kappa shape index (κ1) is 41.1. The molecule has 1 saturated carbocycles. The first-order valence-corrected chi connectivity index (χ1v) is 19.9. The second kappa shape index (κ2) is 21.1. The molecule has 0 aromatic carbocycles. The highest BCUT2D eigenvalue weighted by molar-refractivity contribution is 7.37. The predicted octanol–water partition coefficient (Wildman–Crippen LogP) is 3.46.